The predicted molar refractivity (Wildman–Crippen MR) is 72.2 cm³/mol. The first-order valence-corrected chi connectivity index (χ1v) is 5.80. The molecule has 2 aromatic rings. The van der Waals surface area contributed by atoms with Crippen molar-refractivity contribution in [1.29, 1.82) is 0 Å². The Labute approximate surface area is 101 Å². The van der Waals surface area contributed by atoms with E-state index in [0.29, 0.717) is 6.54 Å². The van der Waals surface area contributed by atoms with Crippen molar-refractivity contribution in [2.45, 2.75) is 13.0 Å². The van der Waals surface area contributed by atoms with Crippen molar-refractivity contribution in [3.05, 3.63) is 42.0 Å². The zero-order valence-corrected chi connectivity index (χ0v) is 9.98. The molecule has 3 heteroatoms. The summed E-state index contributed by atoms with van der Waals surface area (Å²) < 4.78 is 0. The maximum Gasteiger partial charge on any atom is 0.0599 e. The van der Waals surface area contributed by atoms with Crippen LogP contribution in [-0.2, 0) is 0 Å². The van der Waals surface area contributed by atoms with Gasteiger partial charge in [0.05, 0.1) is 6.61 Å². The Morgan fingerprint density at radius 2 is 1.88 bits per heavy atom. The lowest BCUT2D eigenvalue weighted by Gasteiger charge is -2.11. The third-order valence-electron chi connectivity index (χ3n) is 2.80. The lowest BCUT2D eigenvalue weighted by atomic mass is 10.1. The molecule has 0 saturated heterocycles. The lowest BCUT2D eigenvalue weighted by Crippen LogP contribution is -2.32. The third kappa shape index (κ3) is 2.96. The molecule has 0 heterocycles. The molecule has 0 saturated carbocycles. The van der Waals surface area contributed by atoms with Crippen molar-refractivity contribution in [2.75, 3.05) is 18.5 Å². The molecule has 0 radical (unpaired) electrons. The summed E-state index contributed by atoms with van der Waals surface area (Å²) in [5.41, 5.74) is 7.94. The van der Waals surface area contributed by atoms with E-state index in [1.165, 1.54) is 16.3 Å². The number of aliphatic hydroxyl groups is 1. The van der Waals surface area contributed by atoms with Crippen LogP contribution in [0.25, 0.3) is 10.8 Å². The molecule has 3 nitrogen and oxygen atoms in total. The molecule has 0 aliphatic rings. The van der Waals surface area contributed by atoms with Gasteiger partial charge in [0.1, 0.15) is 0 Å². The van der Waals surface area contributed by atoms with E-state index in [2.05, 4.69) is 42.6 Å². The maximum atomic E-state index is 8.85. The summed E-state index contributed by atoms with van der Waals surface area (Å²) >= 11 is 0. The summed E-state index contributed by atoms with van der Waals surface area (Å²) in [6.07, 6.45) is 0. The number of aryl methyl sites for hydroxylation is 1. The van der Waals surface area contributed by atoms with Crippen molar-refractivity contribution in [2.24, 2.45) is 5.73 Å². The van der Waals surface area contributed by atoms with Gasteiger partial charge in [0.15, 0.2) is 0 Å². The number of benzene rings is 2. The highest BCUT2D eigenvalue weighted by atomic mass is 16.3. The van der Waals surface area contributed by atoms with Gasteiger partial charge in [-0.3, -0.25) is 0 Å². The zero-order valence-electron chi connectivity index (χ0n) is 9.98. The quantitative estimate of drug-likeness (QED) is 0.751. The second-order valence-corrected chi connectivity index (χ2v) is 4.39. The van der Waals surface area contributed by atoms with Crippen LogP contribution in [0.3, 0.4) is 0 Å². The van der Waals surface area contributed by atoms with E-state index < -0.39 is 0 Å². The highest BCUT2D eigenvalue weighted by Crippen LogP contribution is 2.20. The zero-order chi connectivity index (χ0) is 12.3. The predicted octanol–water partition coefficient (Wildman–Crippen LogP) is 1.88. The number of nitrogens with one attached hydrogen (secondary N) is 1. The second-order valence-electron chi connectivity index (χ2n) is 4.39. The number of fused-ring (bicyclic) bond motifs is 1. The molecule has 1 unspecified atom stereocenters. The molecule has 90 valence electrons. The number of anilines is 1. The van der Waals surface area contributed by atoms with Gasteiger partial charge < -0.3 is 16.2 Å². The van der Waals surface area contributed by atoms with Crippen LogP contribution in [0.15, 0.2) is 36.4 Å². The fourth-order valence-corrected chi connectivity index (χ4v) is 1.79. The van der Waals surface area contributed by atoms with Crippen molar-refractivity contribution in [3.63, 3.8) is 0 Å². The summed E-state index contributed by atoms with van der Waals surface area (Å²) in [6.45, 7) is 2.67. The fraction of sp³-hybridized carbons (Fsp3) is 0.286. The number of nitrogens with two attached hydrogens (primary N) is 1. The van der Waals surface area contributed by atoms with Gasteiger partial charge in [-0.15, -0.1) is 0 Å². The molecule has 0 aliphatic carbocycles. The first kappa shape index (κ1) is 11.9. The van der Waals surface area contributed by atoms with Crippen LogP contribution < -0.4 is 11.1 Å². The molecule has 0 spiro atoms. The van der Waals surface area contributed by atoms with Gasteiger partial charge in [-0.25, -0.2) is 0 Å². The van der Waals surface area contributed by atoms with Crippen LogP contribution in [-0.4, -0.2) is 24.3 Å². The molecular formula is C14H18N2O. The molecule has 17 heavy (non-hydrogen) atoms. The van der Waals surface area contributed by atoms with Gasteiger partial charge in [-0.2, -0.15) is 0 Å². The van der Waals surface area contributed by atoms with Crippen LogP contribution in [0.1, 0.15) is 5.56 Å². The van der Waals surface area contributed by atoms with Crippen LogP contribution >= 0.6 is 0 Å². The maximum absolute atomic E-state index is 8.85. The van der Waals surface area contributed by atoms with Gasteiger partial charge in [0, 0.05) is 18.3 Å². The molecule has 0 amide bonds. The SMILES string of the molecule is Cc1ccc2cc(NCC(N)CO)ccc2c1. The molecular weight excluding hydrogens is 212 g/mol. The van der Waals surface area contributed by atoms with Crippen LogP contribution in [0.5, 0.6) is 0 Å². The average molecular weight is 230 g/mol. The Balaban J connectivity index is 2.17. The normalized spacial score (nSPS) is 12.6. The standard InChI is InChI=1S/C14H18N2O/c1-10-2-3-12-7-14(5-4-11(12)6-10)16-8-13(15)9-17/h2-7,13,16-17H,8-9,15H2,1H3. The van der Waals surface area contributed by atoms with E-state index in [0.717, 1.165) is 5.69 Å². The Morgan fingerprint density at radius 1 is 1.18 bits per heavy atom. The minimum atomic E-state index is -0.219. The van der Waals surface area contributed by atoms with Gasteiger partial charge >= 0.3 is 0 Å². The van der Waals surface area contributed by atoms with E-state index >= 15 is 0 Å². The first-order chi connectivity index (χ1) is 8.19. The minimum Gasteiger partial charge on any atom is -0.395 e. The van der Waals surface area contributed by atoms with E-state index in [-0.39, 0.29) is 12.6 Å². The molecule has 0 aliphatic heterocycles. The highest BCUT2D eigenvalue weighted by molar-refractivity contribution is 5.86. The second kappa shape index (κ2) is 5.17. The van der Waals surface area contributed by atoms with Crippen LogP contribution in [0.2, 0.25) is 0 Å². The van der Waals surface area contributed by atoms with E-state index in [1.54, 1.807) is 0 Å². The van der Waals surface area contributed by atoms with E-state index in [4.69, 9.17) is 10.8 Å². The molecule has 1 atom stereocenters. The first-order valence-electron chi connectivity index (χ1n) is 5.80. The molecule has 2 rings (SSSR count). The average Bonchev–Trinajstić information content (AvgIpc) is 2.35. The number of hydrogen-bond donors (Lipinski definition) is 3. The number of rotatable bonds is 4. The third-order valence-corrected chi connectivity index (χ3v) is 2.80. The molecule has 4 N–H and O–H groups in total. The summed E-state index contributed by atoms with van der Waals surface area (Å²) in [7, 11) is 0. The minimum absolute atomic E-state index is 0.000222. The largest absolute Gasteiger partial charge is 0.395 e. The smallest absolute Gasteiger partial charge is 0.0599 e. The van der Waals surface area contributed by atoms with E-state index in [9.17, 15) is 0 Å². The highest BCUT2D eigenvalue weighted by Gasteiger charge is 2.00. The Hall–Kier alpha value is -1.58. The van der Waals surface area contributed by atoms with Gasteiger partial charge in [-0.05, 0) is 29.8 Å². The van der Waals surface area contributed by atoms with Crippen molar-refractivity contribution in [3.8, 4) is 0 Å². The van der Waals surface area contributed by atoms with Crippen molar-refractivity contribution >= 4 is 16.5 Å². The van der Waals surface area contributed by atoms with Crippen LogP contribution in [0.4, 0.5) is 5.69 Å². The lowest BCUT2D eigenvalue weighted by molar-refractivity contribution is 0.270. The van der Waals surface area contributed by atoms with Crippen LogP contribution in [0, 0.1) is 6.92 Å². The van der Waals surface area contributed by atoms with Gasteiger partial charge in [0.2, 0.25) is 0 Å². The summed E-state index contributed by atoms with van der Waals surface area (Å²) in [5, 5.41) is 14.5. The Bertz CT molecular complexity index is 511. The number of aliphatic hydroxyl groups excluding tert-OH is 1. The summed E-state index contributed by atoms with van der Waals surface area (Å²) in [6, 6.07) is 12.4. The molecule has 2 aromatic carbocycles. The van der Waals surface area contributed by atoms with Gasteiger partial charge in [0.25, 0.3) is 0 Å². The summed E-state index contributed by atoms with van der Waals surface area (Å²) in [4.78, 5) is 0. The monoisotopic (exact) mass is 230 g/mol. The molecule has 0 bridgehead atoms. The van der Waals surface area contributed by atoms with Crippen molar-refractivity contribution in [1.82, 2.24) is 0 Å². The number of hydrogen-bond acceptors (Lipinski definition) is 3. The summed E-state index contributed by atoms with van der Waals surface area (Å²) in [5.74, 6) is 0. The van der Waals surface area contributed by atoms with Crippen molar-refractivity contribution < 1.29 is 5.11 Å². The fourth-order valence-electron chi connectivity index (χ4n) is 1.79. The Kier molecular flexibility index (Phi) is 3.61. The Morgan fingerprint density at radius 3 is 2.65 bits per heavy atom. The topological polar surface area (TPSA) is 58.3 Å². The molecule has 0 aromatic heterocycles. The molecule has 0 fully saturated rings. The van der Waals surface area contributed by atoms with Gasteiger partial charge in [-0.1, -0.05) is 29.8 Å². The van der Waals surface area contributed by atoms with E-state index in [1.807, 2.05) is 6.07 Å².